The number of aliphatic hydroxyl groups excluding tert-OH is 1. The Morgan fingerprint density at radius 3 is 2.78 bits per heavy atom. The van der Waals surface area contributed by atoms with Crippen LogP contribution in [0.1, 0.15) is 18.1 Å². The summed E-state index contributed by atoms with van der Waals surface area (Å²) in [5.41, 5.74) is 6.78. The first-order chi connectivity index (χ1) is 8.69. The van der Waals surface area contributed by atoms with E-state index in [1.165, 1.54) is 12.1 Å². The largest absolute Gasteiger partial charge is 0.395 e. The van der Waals surface area contributed by atoms with Crippen LogP contribution in [0.4, 0.5) is 4.39 Å². The summed E-state index contributed by atoms with van der Waals surface area (Å²) in [7, 11) is 0. The van der Waals surface area contributed by atoms with Crippen molar-refractivity contribution in [3.63, 3.8) is 0 Å². The van der Waals surface area contributed by atoms with Crippen molar-refractivity contribution in [1.82, 2.24) is 4.90 Å². The fraction of sp³-hybridized carbons (Fsp3) is 0.429. The van der Waals surface area contributed by atoms with Crippen molar-refractivity contribution in [3.8, 4) is 11.8 Å². The van der Waals surface area contributed by atoms with Crippen molar-refractivity contribution in [3.05, 3.63) is 35.1 Å². The summed E-state index contributed by atoms with van der Waals surface area (Å²) >= 11 is 0. The van der Waals surface area contributed by atoms with E-state index in [1.54, 1.807) is 0 Å². The zero-order valence-electron chi connectivity index (χ0n) is 10.6. The van der Waals surface area contributed by atoms with Crippen molar-refractivity contribution in [2.75, 3.05) is 26.2 Å². The first-order valence-electron chi connectivity index (χ1n) is 6.01. The molecular weight excluding hydrogens is 231 g/mol. The lowest BCUT2D eigenvalue weighted by Crippen LogP contribution is -2.26. The zero-order valence-corrected chi connectivity index (χ0v) is 10.6. The Balaban J connectivity index is 2.84. The topological polar surface area (TPSA) is 49.5 Å². The molecule has 0 fully saturated rings. The van der Waals surface area contributed by atoms with Crippen LogP contribution >= 0.6 is 0 Å². The number of aliphatic hydroxyl groups is 1. The molecule has 3 N–H and O–H groups in total. The van der Waals surface area contributed by atoms with Gasteiger partial charge in [0.25, 0.3) is 0 Å². The smallest absolute Gasteiger partial charge is 0.124 e. The van der Waals surface area contributed by atoms with Crippen molar-refractivity contribution in [2.45, 2.75) is 13.5 Å². The highest BCUT2D eigenvalue weighted by molar-refractivity contribution is 5.38. The lowest BCUT2D eigenvalue weighted by atomic mass is 10.1. The standard InChI is InChI=1S/C14H19FN2O/c1-2-17(6-7-18)11-13-8-12(4-3-5-16)9-14(15)10-13/h8-10,18H,2,5-7,11,16H2,1H3. The summed E-state index contributed by atoms with van der Waals surface area (Å²) in [6, 6.07) is 4.74. The minimum atomic E-state index is -0.297. The van der Waals surface area contributed by atoms with Crippen LogP contribution in [0.15, 0.2) is 18.2 Å². The van der Waals surface area contributed by atoms with E-state index in [0.717, 1.165) is 12.1 Å². The first kappa shape index (κ1) is 14.7. The Kier molecular flexibility index (Phi) is 6.37. The highest BCUT2D eigenvalue weighted by Gasteiger charge is 2.05. The summed E-state index contributed by atoms with van der Waals surface area (Å²) in [4.78, 5) is 2.04. The maximum Gasteiger partial charge on any atom is 0.124 e. The van der Waals surface area contributed by atoms with Gasteiger partial charge in [0.1, 0.15) is 5.82 Å². The number of nitrogens with two attached hydrogens (primary N) is 1. The van der Waals surface area contributed by atoms with Gasteiger partial charge < -0.3 is 10.8 Å². The van der Waals surface area contributed by atoms with E-state index < -0.39 is 0 Å². The molecule has 0 bridgehead atoms. The van der Waals surface area contributed by atoms with Crippen molar-refractivity contribution in [2.24, 2.45) is 5.73 Å². The highest BCUT2D eigenvalue weighted by Crippen LogP contribution is 2.11. The average molecular weight is 250 g/mol. The molecule has 3 nitrogen and oxygen atoms in total. The number of hydrogen-bond donors (Lipinski definition) is 2. The minimum absolute atomic E-state index is 0.100. The molecule has 0 atom stereocenters. The van der Waals surface area contributed by atoms with Crippen LogP contribution < -0.4 is 5.73 Å². The number of rotatable bonds is 5. The first-order valence-corrected chi connectivity index (χ1v) is 6.01. The van der Waals surface area contributed by atoms with Gasteiger partial charge >= 0.3 is 0 Å². The maximum atomic E-state index is 13.4. The molecule has 0 spiro atoms. The summed E-state index contributed by atoms with van der Waals surface area (Å²) in [6.07, 6.45) is 0. The van der Waals surface area contributed by atoms with Crippen molar-refractivity contribution < 1.29 is 9.50 Å². The Bertz CT molecular complexity index is 437. The molecule has 0 unspecified atom stereocenters. The molecule has 0 amide bonds. The van der Waals surface area contributed by atoms with Gasteiger partial charge in [0, 0.05) is 18.7 Å². The van der Waals surface area contributed by atoms with Gasteiger partial charge in [-0.1, -0.05) is 18.8 Å². The molecule has 0 aromatic heterocycles. The number of halogens is 1. The Morgan fingerprint density at radius 1 is 1.39 bits per heavy atom. The molecule has 1 aromatic rings. The number of likely N-dealkylation sites (N-methyl/N-ethyl adjacent to an activating group) is 1. The molecule has 0 radical (unpaired) electrons. The van der Waals surface area contributed by atoms with Gasteiger partial charge in [0.2, 0.25) is 0 Å². The van der Waals surface area contributed by atoms with Crippen LogP contribution in [-0.4, -0.2) is 36.2 Å². The Labute approximate surface area is 107 Å². The molecular formula is C14H19FN2O. The minimum Gasteiger partial charge on any atom is -0.395 e. The Morgan fingerprint density at radius 2 is 2.17 bits per heavy atom. The van der Waals surface area contributed by atoms with E-state index >= 15 is 0 Å². The number of hydrogen-bond acceptors (Lipinski definition) is 3. The molecule has 0 saturated heterocycles. The van der Waals surface area contributed by atoms with Gasteiger partial charge in [-0.25, -0.2) is 4.39 Å². The molecule has 0 aliphatic heterocycles. The lowest BCUT2D eigenvalue weighted by Gasteiger charge is -2.19. The van der Waals surface area contributed by atoms with E-state index in [0.29, 0.717) is 18.7 Å². The Hall–Kier alpha value is -1.41. The van der Waals surface area contributed by atoms with E-state index in [1.807, 2.05) is 17.9 Å². The fourth-order valence-electron chi connectivity index (χ4n) is 1.72. The van der Waals surface area contributed by atoms with Crippen molar-refractivity contribution in [1.29, 1.82) is 0 Å². The molecule has 18 heavy (non-hydrogen) atoms. The predicted octanol–water partition coefficient (Wildman–Crippen LogP) is 0.950. The summed E-state index contributed by atoms with van der Waals surface area (Å²) in [5, 5.41) is 8.92. The highest BCUT2D eigenvalue weighted by atomic mass is 19.1. The summed E-state index contributed by atoms with van der Waals surface area (Å²) in [5.74, 6) is 5.24. The van der Waals surface area contributed by atoms with Gasteiger partial charge in [-0.15, -0.1) is 0 Å². The van der Waals surface area contributed by atoms with Crippen LogP contribution in [0.2, 0.25) is 0 Å². The van der Waals surface area contributed by atoms with Gasteiger partial charge in [-0.2, -0.15) is 0 Å². The van der Waals surface area contributed by atoms with Crippen LogP contribution in [-0.2, 0) is 6.54 Å². The van der Waals surface area contributed by atoms with Gasteiger partial charge in [0.15, 0.2) is 0 Å². The van der Waals surface area contributed by atoms with Gasteiger partial charge in [-0.05, 0) is 30.3 Å². The van der Waals surface area contributed by atoms with Gasteiger partial charge in [0.05, 0.1) is 13.2 Å². The molecule has 98 valence electrons. The molecule has 1 aromatic carbocycles. The number of nitrogens with zero attached hydrogens (tertiary/aromatic N) is 1. The third-order valence-corrected chi connectivity index (χ3v) is 2.56. The normalized spacial score (nSPS) is 10.3. The summed E-state index contributed by atoms with van der Waals surface area (Å²) in [6.45, 7) is 4.36. The second-order valence-corrected chi connectivity index (χ2v) is 3.95. The number of benzene rings is 1. The van der Waals surface area contributed by atoms with Crippen LogP contribution in [0, 0.1) is 17.7 Å². The average Bonchev–Trinajstić information content (AvgIpc) is 2.35. The predicted molar refractivity (Wildman–Crippen MR) is 70.4 cm³/mol. The van der Waals surface area contributed by atoms with Gasteiger partial charge in [-0.3, -0.25) is 4.90 Å². The molecule has 0 aliphatic carbocycles. The molecule has 0 heterocycles. The van der Waals surface area contributed by atoms with E-state index in [2.05, 4.69) is 11.8 Å². The van der Waals surface area contributed by atoms with Crippen LogP contribution in [0.3, 0.4) is 0 Å². The lowest BCUT2D eigenvalue weighted by molar-refractivity contribution is 0.196. The maximum absolute atomic E-state index is 13.4. The third kappa shape index (κ3) is 4.84. The fourth-order valence-corrected chi connectivity index (χ4v) is 1.72. The molecule has 0 aliphatic rings. The van der Waals surface area contributed by atoms with Crippen LogP contribution in [0.25, 0.3) is 0 Å². The quantitative estimate of drug-likeness (QED) is 0.765. The van der Waals surface area contributed by atoms with E-state index in [9.17, 15) is 4.39 Å². The molecule has 4 heteroatoms. The van der Waals surface area contributed by atoms with E-state index in [4.69, 9.17) is 10.8 Å². The van der Waals surface area contributed by atoms with Crippen LogP contribution in [0.5, 0.6) is 0 Å². The summed E-state index contributed by atoms with van der Waals surface area (Å²) < 4.78 is 13.4. The monoisotopic (exact) mass is 250 g/mol. The molecule has 1 rings (SSSR count). The molecule has 0 saturated carbocycles. The second kappa shape index (κ2) is 7.83. The SMILES string of the molecule is CCN(CCO)Cc1cc(F)cc(C#CCN)c1. The van der Waals surface area contributed by atoms with E-state index in [-0.39, 0.29) is 19.0 Å². The second-order valence-electron chi connectivity index (χ2n) is 3.95. The van der Waals surface area contributed by atoms with Crippen molar-refractivity contribution >= 4 is 0 Å². The zero-order chi connectivity index (χ0) is 13.4. The third-order valence-electron chi connectivity index (χ3n) is 2.56.